The van der Waals surface area contributed by atoms with Crippen LogP contribution in [0.3, 0.4) is 0 Å². The molecule has 0 spiro atoms. The van der Waals surface area contributed by atoms with Gasteiger partial charge in [-0.2, -0.15) is 0 Å². The summed E-state index contributed by atoms with van der Waals surface area (Å²) in [5, 5.41) is 6.42. The van der Waals surface area contributed by atoms with Gasteiger partial charge < -0.3 is 14.5 Å². The molecule has 2 aromatic carbocycles. The minimum absolute atomic E-state index is 0.156. The summed E-state index contributed by atoms with van der Waals surface area (Å²) in [5.74, 6) is 0.0493. The molecule has 4 aromatic rings. The molecule has 0 saturated heterocycles. The number of thiazole rings is 1. The van der Waals surface area contributed by atoms with E-state index < -0.39 is 5.91 Å². The molecule has 0 unspecified atom stereocenters. The molecule has 7 nitrogen and oxygen atoms in total. The first-order valence-electron chi connectivity index (χ1n) is 9.90. The topological polar surface area (TPSA) is 93.5 Å². The predicted molar refractivity (Wildman–Crippen MR) is 124 cm³/mol. The standard InChI is InChI=1S/C24H21N3O4S/c1-15-5-9-17(10-6-15)21-23(27-22(29)19-4-3-13-30-19)32-24(26-21)25-20(28)14-31-18-11-7-16(2)8-12-18/h3-13H,14H2,1-2H3,(H,27,29)(H,25,26,28). The number of furan rings is 1. The van der Waals surface area contributed by atoms with Gasteiger partial charge in [0.25, 0.3) is 11.8 Å². The molecule has 0 saturated carbocycles. The maximum atomic E-state index is 12.5. The fourth-order valence-electron chi connectivity index (χ4n) is 2.88. The molecule has 32 heavy (non-hydrogen) atoms. The predicted octanol–water partition coefficient (Wildman–Crippen LogP) is 5.29. The zero-order valence-corrected chi connectivity index (χ0v) is 18.4. The van der Waals surface area contributed by atoms with Crippen LogP contribution in [0.5, 0.6) is 5.75 Å². The van der Waals surface area contributed by atoms with Crippen LogP contribution in [0.1, 0.15) is 21.7 Å². The van der Waals surface area contributed by atoms with Gasteiger partial charge in [-0.15, -0.1) is 0 Å². The Morgan fingerprint density at radius 1 is 0.969 bits per heavy atom. The zero-order valence-electron chi connectivity index (χ0n) is 17.5. The molecule has 0 bridgehead atoms. The molecule has 2 aromatic heterocycles. The lowest BCUT2D eigenvalue weighted by atomic mass is 10.1. The molecular formula is C24H21N3O4S. The fraction of sp³-hybridized carbons (Fsp3) is 0.125. The monoisotopic (exact) mass is 447 g/mol. The van der Waals surface area contributed by atoms with Crippen molar-refractivity contribution in [3.05, 3.63) is 83.8 Å². The SMILES string of the molecule is Cc1ccc(OCC(=O)Nc2nc(-c3ccc(C)cc3)c(NC(=O)c3ccco3)s2)cc1. The molecule has 4 rings (SSSR count). The number of anilines is 2. The maximum absolute atomic E-state index is 12.5. The molecule has 8 heteroatoms. The number of hydrogen-bond donors (Lipinski definition) is 2. The summed E-state index contributed by atoms with van der Waals surface area (Å²) in [4.78, 5) is 29.4. The van der Waals surface area contributed by atoms with Crippen molar-refractivity contribution in [2.24, 2.45) is 0 Å². The van der Waals surface area contributed by atoms with Gasteiger partial charge in [0.15, 0.2) is 17.5 Å². The summed E-state index contributed by atoms with van der Waals surface area (Å²) in [7, 11) is 0. The van der Waals surface area contributed by atoms with Gasteiger partial charge in [0.2, 0.25) is 0 Å². The third kappa shape index (κ3) is 5.22. The minimum atomic E-state index is -0.396. The number of nitrogens with zero attached hydrogens (tertiary/aromatic N) is 1. The van der Waals surface area contributed by atoms with Crippen molar-refractivity contribution >= 4 is 33.3 Å². The normalized spacial score (nSPS) is 10.6. The third-order valence-electron chi connectivity index (χ3n) is 4.56. The van der Waals surface area contributed by atoms with E-state index in [0.29, 0.717) is 21.6 Å². The number of ether oxygens (including phenoxy) is 1. The van der Waals surface area contributed by atoms with Crippen LogP contribution in [0.25, 0.3) is 11.3 Å². The number of amides is 2. The highest BCUT2D eigenvalue weighted by molar-refractivity contribution is 7.20. The molecule has 0 radical (unpaired) electrons. The van der Waals surface area contributed by atoms with E-state index in [0.717, 1.165) is 28.0 Å². The van der Waals surface area contributed by atoms with Crippen LogP contribution in [0, 0.1) is 13.8 Å². The van der Waals surface area contributed by atoms with Gasteiger partial charge in [0.05, 0.1) is 6.26 Å². The Labute approximate surface area is 189 Å². The number of hydrogen-bond acceptors (Lipinski definition) is 6. The lowest BCUT2D eigenvalue weighted by Crippen LogP contribution is -2.20. The Morgan fingerprint density at radius 3 is 2.31 bits per heavy atom. The van der Waals surface area contributed by atoms with Gasteiger partial charge in [-0.1, -0.05) is 58.9 Å². The van der Waals surface area contributed by atoms with E-state index in [2.05, 4.69) is 15.6 Å². The first-order valence-corrected chi connectivity index (χ1v) is 10.7. The van der Waals surface area contributed by atoms with Gasteiger partial charge in [0.1, 0.15) is 16.4 Å². The van der Waals surface area contributed by atoms with Gasteiger partial charge in [-0.3, -0.25) is 14.9 Å². The molecule has 0 atom stereocenters. The summed E-state index contributed by atoms with van der Waals surface area (Å²) >= 11 is 1.16. The first kappa shape index (κ1) is 21.3. The highest BCUT2D eigenvalue weighted by atomic mass is 32.1. The number of carbonyl (C=O) groups excluding carboxylic acids is 2. The van der Waals surface area contributed by atoms with Crippen molar-refractivity contribution in [1.29, 1.82) is 0 Å². The number of nitrogens with one attached hydrogen (secondary N) is 2. The smallest absolute Gasteiger partial charge is 0.292 e. The summed E-state index contributed by atoms with van der Waals surface area (Å²) < 4.78 is 10.7. The summed E-state index contributed by atoms with van der Waals surface area (Å²) in [6, 6.07) is 18.4. The molecule has 0 aliphatic carbocycles. The number of carbonyl (C=O) groups is 2. The van der Waals surface area contributed by atoms with Crippen LogP contribution in [0.2, 0.25) is 0 Å². The van der Waals surface area contributed by atoms with Crippen LogP contribution >= 0.6 is 11.3 Å². The lowest BCUT2D eigenvalue weighted by molar-refractivity contribution is -0.118. The number of aromatic nitrogens is 1. The van der Waals surface area contributed by atoms with Crippen LogP contribution < -0.4 is 15.4 Å². The molecule has 2 heterocycles. The van der Waals surface area contributed by atoms with E-state index in [1.54, 1.807) is 12.1 Å². The first-order chi connectivity index (χ1) is 15.5. The van der Waals surface area contributed by atoms with Crippen molar-refractivity contribution in [3.8, 4) is 17.0 Å². The van der Waals surface area contributed by atoms with E-state index in [4.69, 9.17) is 9.15 Å². The number of benzene rings is 2. The second-order valence-corrected chi connectivity index (χ2v) is 8.14. The Kier molecular flexibility index (Phi) is 6.32. The van der Waals surface area contributed by atoms with Gasteiger partial charge in [0, 0.05) is 5.56 Å². The quantitative estimate of drug-likeness (QED) is 0.402. The van der Waals surface area contributed by atoms with Crippen molar-refractivity contribution in [3.63, 3.8) is 0 Å². The van der Waals surface area contributed by atoms with E-state index in [-0.39, 0.29) is 18.3 Å². The van der Waals surface area contributed by atoms with E-state index in [9.17, 15) is 9.59 Å². The Bertz CT molecular complexity index is 1210. The number of rotatable bonds is 7. The Balaban J connectivity index is 1.51. The van der Waals surface area contributed by atoms with E-state index in [1.807, 2.05) is 62.4 Å². The van der Waals surface area contributed by atoms with Gasteiger partial charge >= 0.3 is 0 Å². The molecule has 162 valence electrons. The van der Waals surface area contributed by atoms with Crippen LogP contribution in [-0.2, 0) is 4.79 Å². The second-order valence-electron chi connectivity index (χ2n) is 7.14. The highest BCUT2D eigenvalue weighted by Crippen LogP contribution is 2.36. The highest BCUT2D eigenvalue weighted by Gasteiger charge is 2.19. The van der Waals surface area contributed by atoms with E-state index in [1.165, 1.54) is 6.26 Å². The van der Waals surface area contributed by atoms with Crippen LogP contribution in [-0.4, -0.2) is 23.4 Å². The van der Waals surface area contributed by atoms with Crippen LogP contribution in [0.15, 0.2) is 71.3 Å². The average Bonchev–Trinajstić information content (AvgIpc) is 3.44. The minimum Gasteiger partial charge on any atom is -0.484 e. The van der Waals surface area contributed by atoms with Gasteiger partial charge in [-0.25, -0.2) is 4.98 Å². The van der Waals surface area contributed by atoms with E-state index >= 15 is 0 Å². The van der Waals surface area contributed by atoms with Crippen molar-refractivity contribution in [1.82, 2.24) is 4.98 Å². The molecule has 2 N–H and O–H groups in total. The van der Waals surface area contributed by atoms with Crippen molar-refractivity contribution < 1.29 is 18.7 Å². The molecule has 2 amide bonds. The largest absolute Gasteiger partial charge is 0.484 e. The second kappa shape index (κ2) is 9.49. The third-order valence-corrected chi connectivity index (χ3v) is 5.45. The summed E-state index contributed by atoms with van der Waals surface area (Å²) in [5.41, 5.74) is 3.59. The Hall–Kier alpha value is -3.91. The maximum Gasteiger partial charge on any atom is 0.292 e. The molecule has 0 aliphatic heterocycles. The van der Waals surface area contributed by atoms with Crippen LogP contribution in [0.4, 0.5) is 10.1 Å². The zero-order chi connectivity index (χ0) is 22.5. The summed E-state index contributed by atoms with van der Waals surface area (Å²) in [6.07, 6.45) is 1.43. The van der Waals surface area contributed by atoms with Crippen molar-refractivity contribution in [2.45, 2.75) is 13.8 Å². The average molecular weight is 448 g/mol. The summed E-state index contributed by atoms with van der Waals surface area (Å²) in [6.45, 7) is 3.81. The molecule has 0 aliphatic rings. The molecular weight excluding hydrogens is 426 g/mol. The molecule has 0 fully saturated rings. The number of aryl methyl sites for hydroxylation is 2. The Morgan fingerprint density at radius 2 is 1.66 bits per heavy atom. The van der Waals surface area contributed by atoms with Crippen molar-refractivity contribution in [2.75, 3.05) is 17.2 Å². The van der Waals surface area contributed by atoms with Gasteiger partial charge in [-0.05, 0) is 38.1 Å². The fourth-order valence-corrected chi connectivity index (χ4v) is 3.78. The lowest BCUT2D eigenvalue weighted by Gasteiger charge is -2.05.